The summed E-state index contributed by atoms with van der Waals surface area (Å²) in [6.07, 6.45) is 3.02. The summed E-state index contributed by atoms with van der Waals surface area (Å²) in [5, 5.41) is 14.6. The van der Waals surface area contributed by atoms with Crippen molar-refractivity contribution in [2.45, 2.75) is 18.9 Å². The van der Waals surface area contributed by atoms with E-state index in [1.54, 1.807) is 30.5 Å². The third-order valence-corrected chi connectivity index (χ3v) is 4.29. The van der Waals surface area contributed by atoms with Crippen molar-refractivity contribution in [3.05, 3.63) is 52.5 Å². The predicted molar refractivity (Wildman–Crippen MR) is 92.7 cm³/mol. The number of piperidine rings is 1. The van der Waals surface area contributed by atoms with Crippen LogP contribution in [0.15, 0.2) is 36.5 Å². The number of methoxy groups -OCH3 is 1. The number of pyridine rings is 1. The number of benzene rings is 1. The van der Waals surface area contributed by atoms with Gasteiger partial charge in [-0.05, 0) is 37.1 Å². The highest BCUT2D eigenvalue weighted by atomic mass is 19.1. The molecule has 0 radical (unpaired) electrons. The zero-order valence-electron chi connectivity index (χ0n) is 13.8. The molecule has 0 aliphatic carbocycles. The van der Waals surface area contributed by atoms with Gasteiger partial charge in [0.25, 0.3) is 0 Å². The normalized spacial score (nSPS) is 15.0. The van der Waals surface area contributed by atoms with Gasteiger partial charge in [-0.2, -0.15) is 0 Å². The number of nitrogens with one attached hydrogen (secondary N) is 1. The smallest absolute Gasteiger partial charge is 0.333 e. The Morgan fingerprint density at radius 2 is 2.08 bits per heavy atom. The zero-order chi connectivity index (χ0) is 17.8. The van der Waals surface area contributed by atoms with Crippen LogP contribution in [0.25, 0.3) is 0 Å². The molecule has 0 spiro atoms. The van der Waals surface area contributed by atoms with Crippen molar-refractivity contribution in [1.82, 2.24) is 4.98 Å². The molecule has 0 atom stereocenters. The van der Waals surface area contributed by atoms with Crippen molar-refractivity contribution in [2.24, 2.45) is 0 Å². The lowest BCUT2D eigenvalue weighted by Gasteiger charge is -2.33. The molecule has 2 aromatic rings. The van der Waals surface area contributed by atoms with Crippen LogP contribution in [-0.4, -0.2) is 36.1 Å². The molecule has 3 rings (SSSR count). The minimum Gasteiger partial charge on any atom is -0.490 e. The van der Waals surface area contributed by atoms with Gasteiger partial charge in [0, 0.05) is 25.3 Å². The highest BCUT2D eigenvalue weighted by molar-refractivity contribution is 5.68. The maximum absolute atomic E-state index is 13.8. The van der Waals surface area contributed by atoms with Crippen LogP contribution in [-0.2, 0) is 0 Å². The Kier molecular flexibility index (Phi) is 4.97. The summed E-state index contributed by atoms with van der Waals surface area (Å²) in [7, 11) is 1.41. The first kappa shape index (κ1) is 16.9. The van der Waals surface area contributed by atoms with E-state index in [2.05, 4.69) is 10.3 Å². The van der Waals surface area contributed by atoms with E-state index in [-0.39, 0.29) is 23.3 Å². The molecule has 132 valence electrons. The molecule has 7 nitrogen and oxygen atoms in total. The number of hydrogen-bond donors (Lipinski definition) is 1. The number of nitro benzene ring substituents is 1. The average molecular weight is 346 g/mol. The summed E-state index contributed by atoms with van der Waals surface area (Å²) in [6.45, 7) is 1.26. The minimum absolute atomic E-state index is 0.0637. The quantitative estimate of drug-likeness (QED) is 0.661. The first-order valence-electron chi connectivity index (χ1n) is 8.03. The number of rotatable bonds is 5. The Labute approximate surface area is 144 Å². The lowest BCUT2D eigenvalue weighted by atomic mass is 10.0. The van der Waals surface area contributed by atoms with E-state index >= 15 is 0 Å². The number of halogens is 1. The second-order valence-electron chi connectivity index (χ2n) is 5.83. The highest BCUT2D eigenvalue weighted by Crippen LogP contribution is 2.35. The molecule has 1 aliphatic rings. The highest BCUT2D eigenvalue weighted by Gasteiger charge is 2.26. The summed E-state index contributed by atoms with van der Waals surface area (Å²) in [5.41, 5.74) is 0.370. The average Bonchev–Trinajstić information content (AvgIpc) is 2.62. The molecular weight excluding hydrogens is 327 g/mol. The topological polar surface area (TPSA) is 80.5 Å². The molecule has 0 saturated carbocycles. The first-order chi connectivity index (χ1) is 12.1. The van der Waals surface area contributed by atoms with Crippen LogP contribution in [0.5, 0.6) is 5.75 Å². The lowest BCUT2D eigenvalue weighted by Crippen LogP contribution is -2.40. The molecule has 1 aromatic carbocycles. The summed E-state index contributed by atoms with van der Waals surface area (Å²) in [6, 6.07) is 7.98. The second-order valence-corrected chi connectivity index (χ2v) is 5.83. The van der Waals surface area contributed by atoms with Crippen molar-refractivity contribution in [1.29, 1.82) is 0 Å². The Balaban J connectivity index is 1.69. The number of aromatic nitrogens is 1. The van der Waals surface area contributed by atoms with E-state index in [1.165, 1.54) is 13.2 Å². The van der Waals surface area contributed by atoms with Gasteiger partial charge in [-0.3, -0.25) is 10.1 Å². The number of anilines is 2. The fraction of sp³-hybridized carbons (Fsp3) is 0.353. The number of ether oxygens (including phenoxy) is 1. The summed E-state index contributed by atoms with van der Waals surface area (Å²) < 4.78 is 18.9. The molecule has 0 amide bonds. The standard InChI is InChI=1S/C17H19FN4O3/c1-25-15-6-2-5-14(16(15)22(23)24)20-12-7-10-21(11-8-12)17-13(18)4-3-9-19-17/h2-6,9,12,20H,7-8,10-11H2,1H3. The maximum atomic E-state index is 13.8. The monoisotopic (exact) mass is 346 g/mol. The van der Waals surface area contributed by atoms with E-state index in [1.807, 2.05) is 4.90 Å². The molecule has 1 aliphatic heterocycles. The van der Waals surface area contributed by atoms with E-state index in [0.717, 1.165) is 12.8 Å². The first-order valence-corrected chi connectivity index (χ1v) is 8.03. The zero-order valence-corrected chi connectivity index (χ0v) is 13.8. The minimum atomic E-state index is -0.445. The van der Waals surface area contributed by atoms with E-state index in [9.17, 15) is 14.5 Å². The number of nitrogens with zero attached hydrogens (tertiary/aromatic N) is 3. The molecule has 1 aromatic heterocycles. The van der Waals surface area contributed by atoms with Crippen molar-refractivity contribution in [3.8, 4) is 5.75 Å². The Hall–Kier alpha value is -2.90. The Bertz CT molecular complexity index is 763. The second kappa shape index (κ2) is 7.33. The molecule has 8 heteroatoms. The summed E-state index contributed by atoms with van der Waals surface area (Å²) in [4.78, 5) is 16.9. The molecule has 0 unspecified atom stereocenters. The van der Waals surface area contributed by atoms with Crippen molar-refractivity contribution >= 4 is 17.2 Å². The fourth-order valence-corrected chi connectivity index (χ4v) is 3.06. The number of hydrogen-bond acceptors (Lipinski definition) is 6. The van der Waals surface area contributed by atoms with Gasteiger partial charge in [0.1, 0.15) is 5.69 Å². The van der Waals surface area contributed by atoms with Crippen molar-refractivity contribution in [3.63, 3.8) is 0 Å². The van der Waals surface area contributed by atoms with Crippen LogP contribution in [0.2, 0.25) is 0 Å². The molecule has 1 saturated heterocycles. The molecule has 0 bridgehead atoms. The summed E-state index contributed by atoms with van der Waals surface area (Å²) >= 11 is 0. The van der Waals surface area contributed by atoms with Gasteiger partial charge in [-0.1, -0.05) is 6.07 Å². The fourth-order valence-electron chi connectivity index (χ4n) is 3.06. The van der Waals surface area contributed by atoms with Crippen LogP contribution in [0.3, 0.4) is 0 Å². The molecule has 1 N–H and O–H groups in total. The lowest BCUT2D eigenvalue weighted by molar-refractivity contribution is -0.384. The van der Waals surface area contributed by atoms with E-state index < -0.39 is 4.92 Å². The van der Waals surface area contributed by atoms with Gasteiger partial charge in [0.15, 0.2) is 17.4 Å². The van der Waals surface area contributed by atoms with Gasteiger partial charge in [-0.15, -0.1) is 0 Å². The van der Waals surface area contributed by atoms with Crippen LogP contribution in [0, 0.1) is 15.9 Å². The molecule has 2 heterocycles. The maximum Gasteiger partial charge on any atom is 0.333 e. The van der Waals surface area contributed by atoms with Gasteiger partial charge in [0.2, 0.25) is 0 Å². The largest absolute Gasteiger partial charge is 0.490 e. The van der Waals surface area contributed by atoms with Gasteiger partial charge < -0.3 is 15.0 Å². The Morgan fingerprint density at radius 1 is 1.32 bits per heavy atom. The molecule has 1 fully saturated rings. The van der Waals surface area contributed by atoms with Crippen molar-refractivity contribution < 1.29 is 14.1 Å². The van der Waals surface area contributed by atoms with Crippen molar-refractivity contribution in [2.75, 3.05) is 30.4 Å². The third-order valence-electron chi connectivity index (χ3n) is 4.29. The SMILES string of the molecule is COc1cccc(NC2CCN(c3ncccc3F)CC2)c1[N+](=O)[O-]. The third kappa shape index (κ3) is 3.62. The van der Waals surface area contributed by atoms with Gasteiger partial charge in [-0.25, -0.2) is 9.37 Å². The van der Waals surface area contributed by atoms with Gasteiger partial charge in [0.05, 0.1) is 12.0 Å². The Morgan fingerprint density at radius 3 is 2.72 bits per heavy atom. The van der Waals surface area contributed by atoms with Gasteiger partial charge >= 0.3 is 5.69 Å². The summed E-state index contributed by atoms with van der Waals surface area (Å²) in [5.74, 6) is 0.244. The van der Waals surface area contributed by atoms with E-state index in [4.69, 9.17) is 4.74 Å². The molecule has 25 heavy (non-hydrogen) atoms. The van der Waals surface area contributed by atoms with Crippen LogP contribution < -0.4 is 15.0 Å². The number of nitro groups is 1. The predicted octanol–water partition coefficient (Wildman–Crippen LogP) is 3.22. The van der Waals surface area contributed by atoms with E-state index in [0.29, 0.717) is 24.6 Å². The van der Waals surface area contributed by atoms with Crippen LogP contribution >= 0.6 is 0 Å². The number of para-hydroxylation sites is 1. The molecular formula is C17H19FN4O3. The van der Waals surface area contributed by atoms with Crippen LogP contribution in [0.1, 0.15) is 12.8 Å². The van der Waals surface area contributed by atoms with Crippen LogP contribution in [0.4, 0.5) is 21.6 Å².